The van der Waals surface area contributed by atoms with E-state index in [0.29, 0.717) is 12.8 Å². The number of carbonyl (C=O) groups is 5. The van der Waals surface area contributed by atoms with E-state index in [4.69, 9.17) is 21.1 Å². The fourth-order valence-electron chi connectivity index (χ4n) is 3.12. The van der Waals surface area contributed by atoms with E-state index >= 15 is 0 Å². The fraction of sp³-hybridized carbons (Fsp3) is 0.722. The quantitative estimate of drug-likeness (QED) is 0.212. The maximum absolute atomic E-state index is 13.0. The van der Waals surface area contributed by atoms with Crippen molar-refractivity contribution in [2.24, 2.45) is 11.7 Å². The van der Waals surface area contributed by atoms with Crippen LogP contribution in [0.3, 0.4) is 0 Å². The Hall–Kier alpha value is -2.73. The molecule has 0 radical (unpaired) electrons. The molecule has 4 atom stereocenters. The number of carboxylic acid groups (broad SMARTS) is 2. The molecule has 30 heavy (non-hydrogen) atoms. The predicted molar refractivity (Wildman–Crippen MR) is 103 cm³/mol. The first-order valence-electron chi connectivity index (χ1n) is 9.71. The van der Waals surface area contributed by atoms with Gasteiger partial charge in [-0.05, 0) is 25.2 Å². The van der Waals surface area contributed by atoms with Gasteiger partial charge in [-0.3, -0.25) is 19.2 Å². The highest BCUT2D eigenvalue weighted by atomic mass is 16.4. The second-order valence-electron chi connectivity index (χ2n) is 7.54. The molecule has 0 bridgehead atoms. The minimum absolute atomic E-state index is 0.0906. The summed E-state index contributed by atoms with van der Waals surface area (Å²) in [5.41, 5.74) is 5.70. The maximum Gasteiger partial charge on any atom is 0.328 e. The molecule has 0 aromatic carbocycles. The highest BCUT2D eigenvalue weighted by Crippen LogP contribution is 2.20. The zero-order valence-electron chi connectivity index (χ0n) is 17.0. The Morgan fingerprint density at radius 3 is 2.27 bits per heavy atom. The van der Waals surface area contributed by atoms with Crippen molar-refractivity contribution in [1.82, 2.24) is 15.5 Å². The second kappa shape index (κ2) is 11.5. The van der Waals surface area contributed by atoms with Crippen LogP contribution in [0, 0.1) is 5.92 Å². The molecule has 0 aromatic heterocycles. The summed E-state index contributed by atoms with van der Waals surface area (Å²) in [7, 11) is 0. The summed E-state index contributed by atoms with van der Waals surface area (Å²) in [5.74, 6) is -4.73. The van der Waals surface area contributed by atoms with Gasteiger partial charge in [-0.1, -0.05) is 13.8 Å². The monoisotopic (exact) mass is 430 g/mol. The van der Waals surface area contributed by atoms with Gasteiger partial charge in [0.15, 0.2) is 0 Å². The Morgan fingerprint density at radius 2 is 1.77 bits per heavy atom. The van der Waals surface area contributed by atoms with Crippen LogP contribution in [-0.2, 0) is 24.0 Å². The van der Waals surface area contributed by atoms with Gasteiger partial charge in [-0.15, -0.1) is 0 Å². The molecule has 1 aliphatic rings. The number of nitrogens with zero attached hydrogens (tertiary/aromatic N) is 1. The van der Waals surface area contributed by atoms with Gasteiger partial charge in [0, 0.05) is 13.0 Å². The standard InChI is InChI=1S/C18H30N4O8/c1-9(2)14(21-15(26)10(19)5-6-13(24)25)17(28)22-7-3-4-12(22)16(27)20-11(8-23)18(29)30/h9-12,14,23H,3-8,19H2,1-2H3,(H,20,27)(H,21,26)(H,24,25)(H,29,30). The van der Waals surface area contributed by atoms with E-state index in [0.717, 1.165) is 0 Å². The summed E-state index contributed by atoms with van der Waals surface area (Å²) in [6.07, 6.45) is 0.440. The highest BCUT2D eigenvalue weighted by molar-refractivity contribution is 5.94. The summed E-state index contributed by atoms with van der Waals surface area (Å²) in [6.45, 7) is 2.85. The van der Waals surface area contributed by atoms with Gasteiger partial charge in [0.05, 0.1) is 12.6 Å². The minimum Gasteiger partial charge on any atom is -0.481 e. The highest BCUT2D eigenvalue weighted by Gasteiger charge is 2.39. The van der Waals surface area contributed by atoms with Crippen LogP contribution >= 0.6 is 0 Å². The van der Waals surface area contributed by atoms with Gasteiger partial charge in [0.25, 0.3) is 0 Å². The van der Waals surface area contributed by atoms with Crippen LogP contribution in [0.25, 0.3) is 0 Å². The minimum atomic E-state index is -1.48. The number of aliphatic hydroxyl groups excluding tert-OH is 1. The average Bonchev–Trinajstić information content (AvgIpc) is 3.16. The summed E-state index contributed by atoms with van der Waals surface area (Å²) < 4.78 is 0. The molecule has 1 aliphatic heterocycles. The lowest BCUT2D eigenvalue weighted by molar-refractivity contribution is -0.146. The van der Waals surface area contributed by atoms with Crippen LogP contribution in [0.15, 0.2) is 0 Å². The molecule has 1 saturated heterocycles. The first-order chi connectivity index (χ1) is 14.0. The molecule has 4 unspecified atom stereocenters. The molecule has 12 heteroatoms. The largest absolute Gasteiger partial charge is 0.481 e. The third-order valence-corrected chi connectivity index (χ3v) is 4.87. The molecule has 7 N–H and O–H groups in total. The molecule has 0 spiro atoms. The van der Waals surface area contributed by atoms with E-state index in [9.17, 15) is 24.0 Å². The number of amides is 3. The molecule has 1 fully saturated rings. The Bertz CT molecular complexity index is 669. The third-order valence-electron chi connectivity index (χ3n) is 4.87. The predicted octanol–water partition coefficient (Wildman–Crippen LogP) is -2.13. The van der Waals surface area contributed by atoms with Gasteiger partial charge in [-0.2, -0.15) is 0 Å². The number of nitrogens with two attached hydrogens (primary N) is 1. The van der Waals surface area contributed by atoms with Gasteiger partial charge in [0.1, 0.15) is 18.1 Å². The van der Waals surface area contributed by atoms with Crippen molar-refractivity contribution < 1.29 is 39.3 Å². The van der Waals surface area contributed by atoms with Crippen molar-refractivity contribution in [3.8, 4) is 0 Å². The smallest absolute Gasteiger partial charge is 0.328 e. The van der Waals surface area contributed by atoms with Gasteiger partial charge >= 0.3 is 11.9 Å². The van der Waals surface area contributed by atoms with Crippen LogP contribution < -0.4 is 16.4 Å². The topological polar surface area (TPSA) is 199 Å². The number of rotatable bonds is 11. The Balaban J connectivity index is 2.86. The molecule has 170 valence electrons. The molecular weight excluding hydrogens is 400 g/mol. The number of aliphatic hydroxyl groups is 1. The summed E-state index contributed by atoms with van der Waals surface area (Å²) >= 11 is 0. The second-order valence-corrected chi connectivity index (χ2v) is 7.54. The SMILES string of the molecule is CC(C)C(NC(=O)C(N)CCC(=O)O)C(=O)N1CCCC1C(=O)NC(CO)C(=O)O. The van der Waals surface area contributed by atoms with Gasteiger partial charge in [-0.25, -0.2) is 4.79 Å². The van der Waals surface area contributed by atoms with Crippen LogP contribution in [0.1, 0.15) is 39.5 Å². The van der Waals surface area contributed by atoms with E-state index in [1.165, 1.54) is 4.90 Å². The number of aliphatic carboxylic acids is 2. The maximum atomic E-state index is 13.0. The van der Waals surface area contributed by atoms with Gasteiger partial charge in [0.2, 0.25) is 17.7 Å². The summed E-state index contributed by atoms with van der Waals surface area (Å²) in [6, 6.07) is -4.50. The Labute approximate surface area is 173 Å². The first kappa shape index (κ1) is 25.3. The van der Waals surface area contributed by atoms with Crippen molar-refractivity contribution >= 4 is 29.7 Å². The van der Waals surface area contributed by atoms with E-state index in [1.807, 2.05) is 0 Å². The lowest BCUT2D eigenvalue weighted by Gasteiger charge is -2.31. The molecule has 0 aromatic rings. The third kappa shape index (κ3) is 6.95. The van der Waals surface area contributed by atoms with Crippen molar-refractivity contribution in [3.05, 3.63) is 0 Å². The van der Waals surface area contributed by atoms with Crippen LogP contribution in [0.4, 0.5) is 0 Å². The fourth-order valence-corrected chi connectivity index (χ4v) is 3.12. The average molecular weight is 430 g/mol. The van der Waals surface area contributed by atoms with Gasteiger partial charge < -0.3 is 36.6 Å². The lowest BCUT2D eigenvalue weighted by atomic mass is 10.0. The van der Waals surface area contributed by atoms with E-state index < -0.39 is 60.4 Å². The summed E-state index contributed by atoms with van der Waals surface area (Å²) in [5, 5.41) is 31.5. The molecule has 3 amide bonds. The summed E-state index contributed by atoms with van der Waals surface area (Å²) in [4.78, 5) is 60.7. The zero-order chi connectivity index (χ0) is 23.0. The number of hydrogen-bond acceptors (Lipinski definition) is 7. The van der Waals surface area contributed by atoms with Crippen molar-refractivity contribution in [2.75, 3.05) is 13.2 Å². The van der Waals surface area contributed by atoms with Crippen molar-refractivity contribution in [1.29, 1.82) is 0 Å². The molecule has 12 nitrogen and oxygen atoms in total. The number of hydrogen-bond donors (Lipinski definition) is 6. The van der Waals surface area contributed by atoms with Crippen LogP contribution in [0.5, 0.6) is 0 Å². The first-order valence-corrected chi connectivity index (χ1v) is 9.71. The molecule has 1 rings (SSSR count). The zero-order valence-corrected chi connectivity index (χ0v) is 17.0. The Kier molecular flexibility index (Phi) is 9.66. The number of carbonyl (C=O) groups excluding carboxylic acids is 3. The Morgan fingerprint density at radius 1 is 1.13 bits per heavy atom. The molecule has 0 saturated carbocycles. The molecule has 0 aliphatic carbocycles. The number of carboxylic acids is 2. The lowest BCUT2D eigenvalue weighted by Crippen LogP contribution is -2.58. The number of nitrogens with one attached hydrogen (secondary N) is 2. The van der Waals surface area contributed by atoms with Crippen molar-refractivity contribution in [3.63, 3.8) is 0 Å². The van der Waals surface area contributed by atoms with Crippen LogP contribution in [0.2, 0.25) is 0 Å². The van der Waals surface area contributed by atoms with Crippen LogP contribution in [-0.4, -0.2) is 87.2 Å². The van der Waals surface area contributed by atoms with E-state index in [-0.39, 0.29) is 25.3 Å². The number of likely N-dealkylation sites (tertiary alicyclic amines) is 1. The normalized spacial score (nSPS) is 19.1. The molecular formula is C18H30N4O8. The molecule has 1 heterocycles. The van der Waals surface area contributed by atoms with Crippen molar-refractivity contribution in [2.45, 2.75) is 63.7 Å². The van der Waals surface area contributed by atoms with E-state index in [2.05, 4.69) is 10.6 Å². The van der Waals surface area contributed by atoms with E-state index in [1.54, 1.807) is 13.8 Å².